The van der Waals surface area contributed by atoms with Crippen LogP contribution < -0.4 is 10.2 Å². The third kappa shape index (κ3) is 2.94. The van der Waals surface area contributed by atoms with Gasteiger partial charge in [0.25, 0.3) is 0 Å². The lowest BCUT2D eigenvalue weighted by molar-refractivity contribution is -0.121. The maximum atomic E-state index is 11.1. The Hall–Kier alpha value is -2.62. The fourth-order valence-electron chi connectivity index (χ4n) is 2.32. The van der Waals surface area contributed by atoms with Gasteiger partial charge in [-0.25, -0.2) is 5.43 Å². The first-order valence-electron chi connectivity index (χ1n) is 6.86. The van der Waals surface area contributed by atoms with Gasteiger partial charge < -0.3 is 4.74 Å². The fraction of sp³-hybridized carbons (Fsp3) is 0.176. The normalized spacial score (nSPS) is 14.3. The molecule has 0 saturated carbocycles. The van der Waals surface area contributed by atoms with E-state index in [1.807, 2.05) is 36.4 Å². The maximum Gasteiger partial charge on any atom is 0.240 e. The summed E-state index contributed by atoms with van der Waals surface area (Å²) in [6, 6.07) is 16.2. The summed E-state index contributed by atoms with van der Waals surface area (Å²) in [6.07, 6.45) is 1.19. The van der Waals surface area contributed by atoms with Crippen LogP contribution >= 0.6 is 0 Å². The molecule has 0 atom stereocenters. The van der Waals surface area contributed by atoms with Gasteiger partial charge >= 0.3 is 0 Å². The minimum atomic E-state index is -0.0198. The minimum absolute atomic E-state index is 0.0198. The quantitative estimate of drug-likeness (QED) is 0.939. The third-order valence-electron chi connectivity index (χ3n) is 3.55. The monoisotopic (exact) mass is 280 g/mol. The zero-order valence-electron chi connectivity index (χ0n) is 11.8. The van der Waals surface area contributed by atoms with Crippen molar-refractivity contribution < 1.29 is 9.53 Å². The SMILES string of the molecule is COc1ccc(-c2ccc(C3=NNC(=O)CC3)cc2)cc1. The van der Waals surface area contributed by atoms with Gasteiger partial charge in [0.1, 0.15) is 5.75 Å². The van der Waals surface area contributed by atoms with Gasteiger partial charge in [0.15, 0.2) is 0 Å². The number of methoxy groups -OCH3 is 1. The molecule has 2 aromatic carbocycles. The lowest BCUT2D eigenvalue weighted by Crippen LogP contribution is -2.25. The van der Waals surface area contributed by atoms with Crippen LogP contribution in [-0.4, -0.2) is 18.7 Å². The Bertz CT molecular complexity index is 673. The standard InChI is InChI=1S/C17H16N2O2/c1-21-15-8-6-13(7-9-15)12-2-4-14(5-3-12)16-10-11-17(20)19-18-16/h2-9H,10-11H2,1H3,(H,19,20). The predicted octanol–water partition coefficient (Wildman–Crippen LogP) is 2.98. The summed E-state index contributed by atoms with van der Waals surface area (Å²) in [6.45, 7) is 0. The number of rotatable bonds is 3. The van der Waals surface area contributed by atoms with Crippen molar-refractivity contribution in [3.63, 3.8) is 0 Å². The van der Waals surface area contributed by atoms with E-state index in [-0.39, 0.29) is 5.91 Å². The average molecular weight is 280 g/mol. The zero-order chi connectivity index (χ0) is 14.7. The predicted molar refractivity (Wildman–Crippen MR) is 82.3 cm³/mol. The number of benzene rings is 2. The topological polar surface area (TPSA) is 50.7 Å². The van der Waals surface area contributed by atoms with Crippen molar-refractivity contribution >= 4 is 11.6 Å². The first-order valence-corrected chi connectivity index (χ1v) is 6.86. The molecule has 1 aliphatic heterocycles. The molecule has 0 spiro atoms. The molecular weight excluding hydrogens is 264 g/mol. The summed E-state index contributed by atoms with van der Waals surface area (Å²) in [5.74, 6) is 0.830. The summed E-state index contributed by atoms with van der Waals surface area (Å²) >= 11 is 0. The Morgan fingerprint density at radius 3 is 2.00 bits per heavy atom. The molecular formula is C17H16N2O2. The zero-order valence-corrected chi connectivity index (χ0v) is 11.8. The Morgan fingerprint density at radius 1 is 0.905 bits per heavy atom. The lowest BCUT2D eigenvalue weighted by atomic mass is 10.00. The molecule has 1 amide bonds. The van der Waals surface area contributed by atoms with Crippen molar-refractivity contribution in [3.8, 4) is 16.9 Å². The number of hydrazone groups is 1. The van der Waals surface area contributed by atoms with Crippen LogP contribution in [0.1, 0.15) is 18.4 Å². The molecule has 3 rings (SSSR count). The Labute approximate surface area is 123 Å². The van der Waals surface area contributed by atoms with Gasteiger partial charge in [-0.05, 0) is 28.8 Å². The second-order valence-electron chi connectivity index (χ2n) is 4.90. The Morgan fingerprint density at radius 2 is 1.48 bits per heavy atom. The van der Waals surface area contributed by atoms with E-state index in [1.54, 1.807) is 7.11 Å². The highest BCUT2D eigenvalue weighted by atomic mass is 16.5. The number of amides is 1. The highest BCUT2D eigenvalue weighted by Gasteiger charge is 2.13. The van der Waals surface area contributed by atoms with Crippen molar-refractivity contribution in [2.24, 2.45) is 5.10 Å². The number of hydrogen-bond acceptors (Lipinski definition) is 3. The molecule has 4 nitrogen and oxygen atoms in total. The van der Waals surface area contributed by atoms with E-state index in [0.29, 0.717) is 12.8 Å². The van der Waals surface area contributed by atoms with Crippen molar-refractivity contribution in [2.45, 2.75) is 12.8 Å². The first-order chi connectivity index (χ1) is 10.3. The highest BCUT2D eigenvalue weighted by Crippen LogP contribution is 2.23. The van der Waals surface area contributed by atoms with Crippen LogP contribution in [0.15, 0.2) is 53.6 Å². The summed E-state index contributed by atoms with van der Waals surface area (Å²) in [7, 11) is 1.66. The number of hydrogen-bond donors (Lipinski definition) is 1. The maximum absolute atomic E-state index is 11.1. The van der Waals surface area contributed by atoms with Gasteiger partial charge in [-0.2, -0.15) is 5.10 Å². The largest absolute Gasteiger partial charge is 0.497 e. The number of carbonyl (C=O) groups excluding carboxylic acids is 1. The third-order valence-corrected chi connectivity index (χ3v) is 3.55. The lowest BCUT2D eigenvalue weighted by Gasteiger charge is -2.12. The van der Waals surface area contributed by atoms with Crippen molar-refractivity contribution in [3.05, 3.63) is 54.1 Å². The van der Waals surface area contributed by atoms with E-state index >= 15 is 0 Å². The van der Waals surface area contributed by atoms with E-state index in [2.05, 4.69) is 22.7 Å². The fourth-order valence-corrected chi connectivity index (χ4v) is 2.32. The number of nitrogens with one attached hydrogen (secondary N) is 1. The van der Waals surface area contributed by atoms with Gasteiger partial charge in [0.2, 0.25) is 5.91 Å². The number of carbonyl (C=O) groups is 1. The van der Waals surface area contributed by atoms with Crippen LogP contribution in [0.3, 0.4) is 0 Å². The van der Waals surface area contributed by atoms with E-state index < -0.39 is 0 Å². The Balaban J connectivity index is 1.81. The van der Waals surface area contributed by atoms with E-state index in [0.717, 1.165) is 28.2 Å². The summed E-state index contributed by atoms with van der Waals surface area (Å²) in [5, 5.41) is 4.11. The van der Waals surface area contributed by atoms with Crippen LogP contribution in [-0.2, 0) is 4.79 Å². The molecule has 1 N–H and O–H groups in total. The van der Waals surface area contributed by atoms with Gasteiger partial charge in [-0.15, -0.1) is 0 Å². The van der Waals surface area contributed by atoms with Crippen LogP contribution in [0.2, 0.25) is 0 Å². The number of nitrogens with zero attached hydrogens (tertiary/aromatic N) is 1. The molecule has 21 heavy (non-hydrogen) atoms. The molecule has 1 heterocycles. The summed E-state index contributed by atoms with van der Waals surface area (Å²) in [4.78, 5) is 11.1. The highest BCUT2D eigenvalue weighted by molar-refractivity contribution is 6.04. The molecule has 1 aliphatic rings. The van der Waals surface area contributed by atoms with Crippen molar-refractivity contribution in [1.29, 1.82) is 0 Å². The average Bonchev–Trinajstić information content (AvgIpc) is 2.56. The molecule has 2 aromatic rings. The van der Waals surface area contributed by atoms with Crippen molar-refractivity contribution in [1.82, 2.24) is 5.43 Å². The molecule has 0 aliphatic carbocycles. The minimum Gasteiger partial charge on any atom is -0.497 e. The molecule has 0 aromatic heterocycles. The van der Waals surface area contributed by atoms with Gasteiger partial charge in [0, 0.05) is 12.8 Å². The molecule has 106 valence electrons. The van der Waals surface area contributed by atoms with Crippen LogP contribution in [0.25, 0.3) is 11.1 Å². The molecule has 0 radical (unpaired) electrons. The first kappa shape index (κ1) is 13.4. The van der Waals surface area contributed by atoms with Gasteiger partial charge in [-0.3, -0.25) is 4.79 Å². The second-order valence-corrected chi connectivity index (χ2v) is 4.90. The van der Waals surface area contributed by atoms with E-state index in [9.17, 15) is 4.79 Å². The van der Waals surface area contributed by atoms with E-state index in [4.69, 9.17) is 4.74 Å². The van der Waals surface area contributed by atoms with Gasteiger partial charge in [-0.1, -0.05) is 36.4 Å². The van der Waals surface area contributed by atoms with Crippen LogP contribution in [0.5, 0.6) is 5.75 Å². The number of ether oxygens (including phenoxy) is 1. The van der Waals surface area contributed by atoms with E-state index in [1.165, 1.54) is 0 Å². The Kier molecular flexibility index (Phi) is 3.69. The van der Waals surface area contributed by atoms with Crippen LogP contribution in [0.4, 0.5) is 0 Å². The van der Waals surface area contributed by atoms with Crippen LogP contribution in [0, 0.1) is 0 Å². The molecule has 0 saturated heterocycles. The van der Waals surface area contributed by atoms with Crippen molar-refractivity contribution in [2.75, 3.05) is 7.11 Å². The summed E-state index contributed by atoms with van der Waals surface area (Å²) < 4.78 is 5.16. The summed E-state index contributed by atoms with van der Waals surface area (Å²) in [5.41, 5.74) is 6.78. The molecule has 4 heteroatoms. The van der Waals surface area contributed by atoms with Gasteiger partial charge in [0.05, 0.1) is 12.8 Å². The smallest absolute Gasteiger partial charge is 0.240 e. The second kappa shape index (κ2) is 5.79. The molecule has 0 fully saturated rings. The molecule has 0 unspecified atom stereocenters. The molecule has 0 bridgehead atoms.